The van der Waals surface area contributed by atoms with Gasteiger partial charge < -0.3 is 10.5 Å². The summed E-state index contributed by atoms with van der Waals surface area (Å²) in [6, 6.07) is 6.71. The Labute approximate surface area is 90.4 Å². The topological polar surface area (TPSA) is 35.2 Å². The highest BCUT2D eigenvalue weighted by Gasteiger charge is 2.53. The number of hydrogen-bond donors (Lipinski definition) is 1. The second-order valence-corrected chi connectivity index (χ2v) is 4.80. The second kappa shape index (κ2) is 2.99. The normalized spacial score (nSPS) is 26.1. The Hall–Kier alpha value is -1.02. The maximum absolute atomic E-state index is 6.26. The number of aryl methyl sites for hydroxylation is 1. The van der Waals surface area contributed by atoms with E-state index in [4.69, 9.17) is 10.5 Å². The van der Waals surface area contributed by atoms with Crippen molar-refractivity contribution in [3.05, 3.63) is 29.3 Å². The van der Waals surface area contributed by atoms with E-state index < -0.39 is 0 Å². The second-order valence-electron chi connectivity index (χ2n) is 4.80. The molecule has 1 saturated carbocycles. The van der Waals surface area contributed by atoms with E-state index in [9.17, 15) is 0 Å². The molecule has 80 valence electrons. The van der Waals surface area contributed by atoms with Gasteiger partial charge in [-0.2, -0.15) is 0 Å². The summed E-state index contributed by atoms with van der Waals surface area (Å²) in [4.78, 5) is 0. The molecule has 2 N–H and O–H groups in total. The molecule has 1 aromatic carbocycles. The predicted molar refractivity (Wildman–Crippen MR) is 60.2 cm³/mol. The third-order valence-electron chi connectivity index (χ3n) is 4.05. The average Bonchev–Trinajstić information content (AvgIpc) is 3.05. The summed E-state index contributed by atoms with van der Waals surface area (Å²) in [6.07, 6.45) is 4.71. The molecular formula is C13H17NO. The summed E-state index contributed by atoms with van der Waals surface area (Å²) in [5, 5.41) is 0. The van der Waals surface area contributed by atoms with Gasteiger partial charge in [-0.15, -0.1) is 0 Å². The van der Waals surface area contributed by atoms with Crippen LogP contribution in [0.25, 0.3) is 0 Å². The number of nitrogens with two attached hydrogens (primary N) is 1. The molecule has 1 unspecified atom stereocenters. The van der Waals surface area contributed by atoms with Gasteiger partial charge in [0, 0.05) is 17.0 Å². The summed E-state index contributed by atoms with van der Waals surface area (Å²) >= 11 is 0. The van der Waals surface area contributed by atoms with E-state index in [1.807, 2.05) is 0 Å². The third kappa shape index (κ3) is 1.14. The van der Waals surface area contributed by atoms with Crippen LogP contribution in [0.15, 0.2) is 18.2 Å². The summed E-state index contributed by atoms with van der Waals surface area (Å²) in [5.74, 6) is 1.04. The molecule has 2 nitrogen and oxygen atoms in total. The number of fused-ring (bicyclic) bond motifs is 2. The Bertz CT molecular complexity index is 381. The van der Waals surface area contributed by atoms with Gasteiger partial charge in [-0.1, -0.05) is 12.1 Å². The smallest absolute Gasteiger partial charge is 0.122 e. The molecule has 0 heterocycles. The molecule has 0 bridgehead atoms. The molecule has 2 aliphatic rings. The molecule has 0 saturated heterocycles. The highest BCUT2D eigenvalue weighted by Crippen LogP contribution is 2.57. The number of ether oxygens (including phenoxy) is 1. The van der Waals surface area contributed by atoms with Crippen LogP contribution in [0.1, 0.15) is 30.4 Å². The number of benzene rings is 1. The Morgan fingerprint density at radius 1 is 1.40 bits per heavy atom. The number of methoxy groups -OCH3 is 1. The van der Waals surface area contributed by atoms with E-state index in [-0.39, 0.29) is 5.41 Å². The summed E-state index contributed by atoms with van der Waals surface area (Å²) < 4.78 is 5.48. The van der Waals surface area contributed by atoms with Crippen molar-refractivity contribution in [3.63, 3.8) is 0 Å². The zero-order chi connectivity index (χ0) is 10.5. The maximum Gasteiger partial charge on any atom is 0.122 e. The van der Waals surface area contributed by atoms with Crippen molar-refractivity contribution >= 4 is 0 Å². The summed E-state index contributed by atoms with van der Waals surface area (Å²) in [7, 11) is 1.76. The van der Waals surface area contributed by atoms with E-state index in [1.165, 1.54) is 24.0 Å². The van der Waals surface area contributed by atoms with Gasteiger partial charge in [0.15, 0.2) is 0 Å². The quantitative estimate of drug-likeness (QED) is 0.757. The monoisotopic (exact) mass is 203 g/mol. The Morgan fingerprint density at radius 2 is 2.20 bits per heavy atom. The van der Waals surface area contributed by atoms with E-state index in [2.05, 4.69) is 18.2 Å². The zero-order valence-corrected chi connectivity index (χ0v) is 9.12. The molecule has 1 spiro atoms. The van der Waals surface area contributed by atoms with Crippen molar-refractivity contribution in [2.45, 2.75) is 37.1 Å². The van der Waals surface area contributed by atoms with Gasteiger partial charge in [0.25, 0.3) is 0 Å². The summed E-state index contributed by atoms with van der Waals surface area (Å²) in [6.45, 7) is 0. The first kappa shape index (κ1) is 9.22. The minimum absolute atomic E-state index is 0.264. The SMILES string of the molecule is COc1cccc2c1C1(CC1)C(N)CC2. The first-order valence-corrected chi connectivity index (χ1v) is 5.70. The van der Waals surface area contributed by atoms with Crippen molar-refractivity contribution in [1.29, 1.82) is 0 Å². The molecule has 1 atom stereocenters. The fourth-order valence-electron chi connectivity index (χ4n) is 3.05. The fraction of sp³-hybridized carbons (Fsp3) is 0.538. The van der Waals surface area contributed by atoms with Crippen LogP contribution in [0, 0.1) is 0 Å². The average molecular weight is 203 g/mol. The Balaban J connectivity index is 2.18. The lowest BCUT2D eigenvalue weighted by Crippen LogP contribution is -2.39. The van der Waals surface area contributed by atoms with E-state index in [0.717, 1.165) is 18.6 Å². The summed E-state index contributed by atoms with van der Waals surface area (Å²) in [5.41, 5.74) is 9.38. The zero-order valence-electron chi connectivity index (χ0n) is 9.12. The molecule has 0 aliphatic heterocycles. The number of hydrogen-bond acceptors (Lipinski definition) is 2. The van der Waals surface area contributed by atoms with Crippen molar-refractivity contribution in [2.24, 2.45) is 5.73 Å². The van der Waals surface area contributed by atoms with E-state index >= 15 is 0 Å². The third-order valence-corrected chi connectivity index (χ3v) is 4.05. The van der Waals surface area contributed by atoms with Gasteiger partial charge >= 0.3 is 0 Å². The minimum atomic E-state index is 0.264. The molecule has 1 fully saturated rings. The molecule has 0 radical (unpaired) electrons. The standard InChI is InChI=1S/C13H17NO/c1-15-10-4-2-3-9-5-6-11(14)13(7-8-13)12(9)10/h2-4,11H,5-8,14H2,1H3. The number of rotatable bonds is 1. The lowest BCUT2D eigenvalue weighted by Gasteiger charge is -2.32. The fourth-order valence-corrected chi connectivity index (χ4v) is 3.05. The lowest BCUT2D eigenvalue weighted by molar-refractivity contribution is 0.381. The van der Waals surface area contributed by atoms with Gasteiger partial charge in [-0.3, -0.25) is 0 Å². The highest BCUT2D eigenvalue weighted by molar-refractivity contribution is 5.51. The van der Waals surface area contributed by atoms with E-state index in [1.54, 1.807) is 7.11 Å². The van der Waals surface area contributed by atoms with Crippen molar-refractivity contribution in [2.75, 3.05) is 7.11 Å². The van der Waals surface area contributed by atoms with Crippen molar-refractivity contribution < 1.29 is 4.74 Å². The van der Waals surface area contributed by atoms with Gasteiger partial charge in [-0.05, 0) is 37.3 Å². The molecule has 0 aromatic heterocycles. The highest BCUT2D eigenvalue weighted by atomic mass is 16.5. The van der Waals surface area contributed by atoms with Gasteiger partial charge in [-0.25, -0.2) is 0 Å². The van der Waals surface area contributed by atoms with Crippen LogP contribution in [0.4, 0.5) is 0 Å². The van der Waals surface area contributed by atoms with Crippen LogP contribution in [0.3, 0.4) is 0 Å². The van der Waals surface area contributed by atoms with E-state index in [0.29, 0.717) is 6.04 Å². The van der Waals surface area contributed by atoms with Crippen molar-refractivity contribution in [1.82, 2.24) is 0 Å². The molecular weight excluding hydrogens is 186 g/mol. The van der Waals surface area contributed by atoms with Crippen LogP contribution < -0.4 is 10.5 Å². The maximum atomic E-state index is 6.26. The van der Waals surface area contributed by atoms with Crippen LogP contribution >= 0.6 is 0 Å². The molecule has 15 heavy (non-hydrogen) atoms. The largest absolute Gasteiger partial charge is 0.496 e. The van der Waals surface area contributed by atoms with Crippen LogP contribution in [-0.2, 0) is 11.8 Å². The molecule has 3 rings (SSSR count). The molecule has 1 aromatic rings. The predicted octanol–water partition coefficient (Wildman–Crippen LogP) is 2.00. The molecule has 2 aliphatic carbocycles. The lowest BCUT2D eigenvalue weighted by atomic mass is 9.76. The van der Waals surface area contributed by atoms with Crippen molar-refractivity contribution in [3.8, 4) is 5.75 Å². The molecule has 2 heteroatoms. The first-order chi connectivity index (χ1) is 7.28. The van der Waals surface area contributed by atoms with Crippen LogP contribution in [0.2, 0.25) is 0 Å². The Kier molecular flexibility index (Phi) is 1.84. The van der Waals surface area contributed by atoms with Gasteiger partial charge in [0.2, 0.25) is 0 Å². The van der Waals surface area contributed by atoms with Crippen LogP contribution in [-0.4, -0.2) is 13.2 Å². The molecule has 0 amide bonds. The first-order valence-electron chi connectivity index (χ1n) is 5.70. The van der Waals surface area contributed by atoms with Gasteiger partial charge in [0.1, 0.15) is 5.75 Å². The van der Waals surface area contributed by atoms with Gasteiger partial charge in [0.05, 0.1) is 7.11 Å². The minimum Gasteiger partial charge on any atom is -0.496 e. The van der Waals surface area contributed by atoms with Crippen LogP contribution in [0.5, 0.6) is 5.75 Å². The Morgan fingerprint density at radius 3 is 2.87 bits per heavy atom.